The van der Waals surface area contributed by atoms with Crippen LogP contribution in [0.5, 0.6) is 0 Å². The number of aliphatic hydroxyl groups is 2. The van der Waals surface area contributed by atoms with E-state index in [0.29, 0.717) is 25.4 Å². The van der Waals surface area contributed by atoms with Gasteiger partial charge in [0.25, 0.3) is 0 Å². The van der Waals surface area contributed by atoms with E-state index in [0.717, 1.165) is 54.9 Å². The van der Waals surface area contributed by atoms with Crippen LogP contribution in [0.25, 0.3) is 0 Å². The smallest absolute Gasteiger partial charge is 0.303 e. The molecule has 6 heteroatoms. The molecule has 0 unspecified atom stereocenters. The second-order valence-corrected chi connectivity index (χ2v) is 9.91. The standard InChI is InChI=1S/C25H44O5S/c1-4-6-11-19(3)17-20(26)13-14-21-22(27)18-23(30-15-7-5-2)25(21)31-16-10-8-9-12-24(28)29/h13-14,19-22,26-27H,4-12,15-18H2,1-3H3,(H,28,29)/b14-13+/t19-,20+,21-,22+/m0/s1. The Balaban J connectivity index is 2.68. The van der Waals surface area contributed by atoms with Gasteiger partial charge in [-0.3, -0.25) is 4.79 Å². The fraction of sp³-hybridized carbons (Fsp3) is 0.800. The fourth-order valence-corrected chi connectivity index (χ4v) is 5.09. The van der Waals surface area contributed by atoms with E-state index in [-0.39, 0.29) is 12.3 Å². The Hall–Kier alpha value is -0.980. The number of hydrogen-bond donors (Lipinski definition) is 3. The number of hydrogen-bond acceptors (Lipinski definition) is 5. The molecule has 0 saturated heterocycles. The van der Waals surface area contributed by atoms with Crippen molar-refractivity contribution in [2.45, 2.75) is 104 Å². The first kappa shape index (κ1) is 28.1. The van der Waals surface area contributed by atoms with Crippen LogP contribution in [-0.4, -0.2) is 45.9 Å². The molecule has 0 aromatic carbocycles. The Morgan fingerprint density at radius 1 is 1.19 bits per heavy atom. The summed E-state index contributed by atoms with van der Waals surface area (Å²) in [4.78, 5) is 11.7. The van der Waals surface area contributed by atoms with E-state index >= 15 is 0 Å². The molecule has 180 valence electrons. The third-order valence-electron chi connectivity index (χ3n) is 5.69. The van der Waals surface area contributed by atoms with E-state index in [4.69, 9.17) is 9.84 Å². The highest BCUT2D eigenvalue weighted by atomic mass is 32.2. The molecule has 3 N–H and O–H groups in total. The Kier molecular flexibility index (Phi) is 15.0. The van der Waals surface area contributed by atoms with Crippen molar-refractivity contribution < 1.29 is 24.9 Å². The van der Waals surface area contributed by atoms with E-state index < -0.39 is 18.2 Å². The zero-order chi connectivity index (χ0) is 23.1. The van der Waals surface area contributed by atoms with Gasteiger partial charge >= 0.3 is 5.97 Å². The topological polar surface area (TPSA) is 87.0 Å². The first-order chi connectivity index (χ1) is 14.9. The summed E-state index contributed by atoms with van der Waals surface area (Å²) in [5.74, 6) is 1.37. The summed E-state index contributed by atoms with van der Waals surface area (Å²) in [6.45, 7) is 7.16. The maximum absolute atomic E-state index is 10.7. The quantitative estimate of drug-likeness (QED) is 0.176. The van der Waals surface area contributed by atoms with E-state index in [1.54, 1.807) is 11.8 Å². The van der Waals surface area contributed by atoms with Gasteiger partial charge in [0.2, 0.25) is 0 Å². The average molecular weight is 457 g/mol. The molecule has 0 aromatic rings. The second kappa shape index (κ2) is 16.6. The maximum atomic E-state index is 10.7. The molecule has 0 saturated carbocycles. The minimum absolute atomic E-state index is 0.138. The molecule has 0 spiro atoms. The molecule has 31 heavy (non-hydrogen) atoms. The van der Waals surface area contributed by atoms with Gasteiger partial charge in [-0.25, -0.2) is 0 Å². The molecule has 0 aliphatic heterocycles. The molecule has 0 amide bonds. The summed E-state index contributed by atoms with van der Waals surface area (Å²) in [6.07, 6.45) is 12.3. The molecular weight excluding hydrogens is 412 g/mol. The first-order valence-corrected chi connectivity index (χ1v) is 13.1. The van der Waals surface area contributed by atoms with Gasteiger partial charge in [-0.05, 0) is 37.4 Å². The summed E-state index contributed by atoms with van der Waals surface area (Å²) in [5.41, 5.74) is 0. The molecule has 1 aliphatic carbocycles. The van der Waals surface area contributed by atoms with Gasteiger partial charge in [-0.15, -0.1) is 11.8 Å². The third-order valence-corrected chi connectivity index (χ3v) is 6.99. The average Bonchev–Trinajstić information content (AvgIpc) is 3.01. The predicted octanol–water partition coefficient (Wildman–Crippen LogP) is 5.91. The molecule has 1 aliphatic rings. The fourth-order valence-electron chi connectivity index (χ4n) is 3.79. The van der Waals surface area contributed by atoms with Crippen LogP contribution < -0.4 is 0 Å². The van der Waals surface area contributed by atoms with Crippen molar-refractivity contribution in [3.63, 3.8) is 0 Å². The highest BCUT2D eigenvalue weighted by molar-refractivity contribution is 8.03. The molecule has 0 fully saturated rings. The molecule has 5 nitrogen and oxygen atoms in total. The summed E-state index contributed by atoms with van der Waals surface area (Å²) in [5, 5.41) is 29.9. The largest absolute Gasteiger partial charge is 0.497 e. The summed E-state index contributed by atoms with van der Waals surface area (Å²) >= 11 is 1.71. The zero-order valence-corrected chi connectivity index (χ0v) is 20.5. The number of ether oxygens (including phenoxy) is 1. The zero-order valence-electron chi connectivity index (χ0n) is 19.7. The van der Waals surface area contributed by atoms with Crippen LogP contribution in [0.4, 0.5) is 0 Å². The van der Waals surface area contributed by atoms with Crippen LogP contribution in [-0.2, 0) is 9.53 Å². The Bertz CT molecular complexity index is 560. The van der Waals surface area contributed by atoms with Crippen molar-refractivity contribution in [2.75, 3.05) is 12.4 Å². The number of rotatable bonds is 18. The van der Waals surface area contributed by atoms with Crippen molar-refractivity contribution in [1.29, 1.82) is 0 Å². The summed E-state index contributed by atoms with van der Waals surface area (Å²) < 4.78 is 6.01. The van der Waals surface area contributed by atoms with Gasteiger partial charge < -0.3 is 20.1 Å². The number of carboxylic acids is 1. The molecule has 4 atom stereocenters. The highest BCUT2D eigenvalue weighted by Crippen LogP contribution is 2.41. The van der Waals surface area contributed by atoms with E-state index in [2.05, 4.69) is 20.8 Å². The van der Waals surface area contributed by atoms with Gasteiger partial charge in [0.05, 0.1) is 18.8 Å². The lowest BCUT2D eigenvalue weighted by Crippen LogP contribution is -2.15. The SMILES string of the molecule is CCCCOC1=C(SCCCCCC(=O)O)[C@@H](/C=C/[C@@H](O)C[C@@H](C)CCCC)[C@H](O)C1. The van der Waals surface area contributed by atoms with Crippen molar-refractivity contribution in [1.82, 2.24) is 0 Å². The Morgan fingerprint density at radius 3 is 2.61 bits per heavy atom. The van der Waals surface area contributed by atoms with Gasteiger partial charge in [0.1, 0.15) is 5.76 Å². The van der Waals surface area contributed by atoms with Crippen LogP contribution in [0.2, 0.25) is 0 Å². The normalized spacial score (nSPS) is 21.1. The molecule has 0 radical (unpaired) electrons. The molecule has 1 rings (SSSR count). The lowest BCUT2D eigenvalue weighted by molar-refractivity contribution is -0.137. The van der Waals surface area contributed by atoms with Crippen molar-refractivity contribution in [3.05, 3.63) is 22.8 Å². The van der Waals surface area contributed by atoms with Gasteiger partial charge in [-0.1, -0.05) is 65.0 Å². The van der Waals surface area contributed by atoms with Gasteiger partial charge in [0, 0.05) is 23.7 Å². The van der Waals surface area contributed by atoms with E-state index in [1.807, 2.05) is 12.2 Å². The van der Waals surface area contributed by atoms with Crippen LogP contribution in [0, 0.1) is 11.8 Å². The number of aliphatic hydroxyl groups excluding tert-OH is 2. The van der Waals surface area contributed by atoms with Crippen LogP contribution in [0.15, 0.2) is 22.8 Å². The summed E-state index contributed by atoms with van der Waals surface area (Å²) in [6, 6.07) is 0. The maximum Gasteiger partial charge on any atom is 0.303 e. The molecule has 0 aromatic heterocycles. The number of unbranched alkanes of at least 4 members (excludes halogenated alkanes) is 4. The van der Waals surface area contributed by atoms with E-state index in [1.165, 1.54) is 12.8 Å². The highest BCUT2D eigenvalue weighted by Gasteiger charge is 2.33. The Labute approximate surface area is 193 Å². The minimum atomic E-state index is -0.742. The van der Waals surface area contributed by atoms with Crippen LogP contribution >= 0.6 is 11.8 Å². The van der Waals surface area contributed by atoms with Crippen LogP contribution in [0.1, 0.15) is 91.4 Å². The van der Waals surface area contributed by atoms with Crippen molar-refractivity contribution in [2.24, 2.45) is 11.8 Å². The van der Waals surface area contributed by atoms with Gasteiger partial charge in [-0.2, -0.15) is 0 Å². The number of carbonyl (C=O) groups is 1. The summed E-state index contributed by atoms with van der Waals surface area (Å²) in [7, 11) is 0. The second-order valence-electron chi connectivity index (χ2n) is 8.77. The number of thioether (sulfide) groups is 1. The van der Waals surface area contributed by atoms with Crippen molar-refractivity contribution in [3.8, 4) is 0 Å². The molecule has 0 heterocycles. The first-order valence-electron chi connectivity index (χ1n) is 12.1. The molecule has 0 bridgehead atoms. The van der Waals surface area contributed by atoms with Crippen LogP contribution in [0.3, 0.4) is 0 Å². The Morgan fingerprint density at radius 2 is 1.94 bits per heavy atom. The monoisotopic (exact) mass is 456 g/mol. The minimum Gasteiger partial charge on any atom is -0.497 e. The van der Waals surface area contributed by atoms with Crippen molar-refractivity contribution >= 4 is 17.7 Å². The predicted molar refractivity (Wildman–Crippen MR) is 129 cm³/mol. The lowest BCUT2D eigenvalue weighted by atomic mass is 9.96. The third kappa shape index (κ3) is 12.0. The molecular formula is C25H44O5S. The lowest BCUT2D eigenvalue weighted by Gasteiger charge is -2.17. The number of aliphatic carboxylic acids is 1. The van der Waals surface area contributed by atoms with E-state index in [9.17, 15) is 15.0 Å². The number of carboxylic acid groups (broad SMARTS) is 1. The van der Waals surface area contributed by atoms with Gasteiger partial charge in [0.15, 0.2) is 0 Å².